The van der Waals surface area contributed by atoms with Crippen LogP contribution in [0, 0.1) is 12.7 Å². The van der Waals surface area contributed by atoms with Gasteiger partial charge in [0.2, 0.25) is 11.7 Å². The lowest BCUT2D eigenvalue weighted by molar-refractivity contribution is -0.116. The van der Waals surface area contributed by atoms with E-state index >= 15 is 0 Å². The Balaban J connectivity index is 1.55. The second-order valence-electron chi connectivity index (χ2n) is 6.82. The SMILES string of the molecule is Cc1ccc(NC(=O)Cn2cccc(-c3nc(-c4ccc(F)cc4)no3)c2=O)c(Cl)c1. The van der Waals surface area contributed by atoms with Crippen molar-refractivity contribution < 1.29 is 13.7 Å². The number of carbonyl (C=O) groups is 1. The molecule has 2 aromatic carbocycles. The molecule has 7 nitrogen and oxygen atoms in total. The number of amides is 1. The molecule has 2 aromatic heterocycles. The molecule has 0 fully saturated rings. The molecule has 0 unspecified atom stereocenters. The topological polar surface area (TPSA) is 90.0 Å². The monoisotopic (exact) mass is 438 g/mol. The van der Waals surface area contributed by atoms with Crippen LogP contribution in [-0.2, 0) is 11.3 Å². The summed E-state index contributed by atoms with van der Waals surface area (Å²) >= 11 is 6.14. The van der Waals surface area contributed by atoms with Crippen LogP contribution in [0.25, 0.3) is 22.8 Å². The fourth-order valence-corrected chi connectivity index (χ4v) is 3.22. The molecule has 2 heterocycles. The second-order valence-corrected chi connectivity index (χ2v) is 7.22. The quantitative estimate of drug-likeness (QED) is 0.501. The van der Waals surface area contributed by atoms with E-state index < -0.39 is 11.5 Å². The number of nitrogens with zero attached hydrogens (tertiary/aromatic N) is 3. The highest BCUT2D eigenvalue weighted by Crippen LogP contribution is 2.23. The fourth-order valence-electron chi connectivity index (χ4n) is 2.94. The first-order chi connectivity index (χ1) is 14.9. The summed E-state index contributed by atoms with van der Waals surface area (Å²) in [4.78, 5) is 29.5. The number of nitrogens with one attached hydrogen (secondary N) is 1. The average molecular weight is 439 g/mol. The van der Waals surface area contributed by atoms with Gasteiger partial charge >= 0.3 is 0 Å². The zero-order valence-electron chi connectivity index (χ0n) is 16.3. The van der Waals surface area contributed by atoms with E-state index in [1.54, 1.807) is 18.2 Å². The third kappa shape index (κ3) is 4.54. The lowest BCUT2D eigenvalue weighted by Crippen LogP contribution is -2.28. The summed E-state index contributed by atoms with van der Waals surface area (Å²) in [5, 5.41) is 6.95. The van der Waals surface area contributed by atoms with Gasteiger partial charge in [-0.2, -0.15) is 4.98 Å². The summed E-state index contributed by atoms with van der Waals surface area (Å²) in [6.07, 6.45) is 1.49. The molecule has 0 radical (unpaired) electrons. The van der Waals surface area contributed by atoms with E-state index in [1.807, 2.05) is 13.0 Å². The first-order valence-corrected chi connectivity index (χ1v) is 9.64. The Kier molecular flexibility index (Phi) is 5.64. The zero-order chi connectivity index (χ0) is 22.0. The number of hydrogen-bond donors (Lipinski definition) is 1. The van der Waals surface area contributed by atoms with E-state index in [4.69, 9.17) is 16.1 Å². The van der Waals surface area contributed by atoms with E-state index in [-0.39, 0.29) is 29.6 Å². The van der Waals surface area contributed by atoms with Crippen molar-refractivity contribution in [3.05, 3.63) is 87.6 Å². The van der Waals surface area contributed by atoms with Crippen LogP contribution >= 0.6 is 11.6 Å². The van der Waals surface area contributed by atoms with Crippen molar-refractivity contribution in [2.24, 2.45) is 0 Å². The predicted octanol–water partition coefficient (Wildman–Crippen LogP) is 4.30. The lowest BCUT2D eigenvalue weighted by Gasteiger charge is -2.09. The molecule has 4 rings (SSSR count). The van der Waals surface area contributed by atoms with E-state index in [9.17, 15) is 14.0 Å². The highest BCUT2D eigenvalue weighted by atomic mass is 35.5. The van der Waals surface area contributed by atoms with E-state index in [2.05, 4.69) is 15.5 Å². The van der Waals surface area contributed by atoms with Crippen LogP contribution in [0.15, 0.2) is 70.1 Å². The molecule has 1 N–H and O–H groups in total. The molecule has 0 spiro atoms. The normalized spacial score (nSPS) is 10.8. The Labute approximate surface area is 181 Å². The van der Waals surface area contributed by atoms with Gasteiger partial charge in [0.05, 0.1) is 10.7 Å². The summed E-state index contributed by atoms with van der Waals surface area (Å²) in [6.45, 7) is 1.66. The Morgan fingerprint density at radius 2 is 1.97 bits per heavy atom. The lowest BCUT2D eigenvalue weighted by atomic mass is 10.2. The van der Waals surface area contributed by atoms with E-state index in [1.165, 1.54) is 41.1 Å². The fraction of sp³-hybridized carbons (Fsp3) is 0.0909. The molecule has 156 valence electrons. The van der Waals surface area contributed by atoms with Crippen molar-refractivity contribution in [2.75, 3.05) is 5.32 Å². The third-order valence-electron chi connectivity index (χ3n) is 4.49. The van der Waals surface area contributed by atoms with Gasteiger partial charge in [0.15, 0.2) is 0 Å². The molecule has 4 aromatic rings. The second kappa shape index (κ2) is 8.53. The predicted molar refractivity (Wildman–Crippen MR) is 114 cm³/mol. The number of aryl methyl sites for hydroxylation is 1. The number of rotatable bonds is 5. The average Bonchev–Trinajstić information content (AvgIpc) is 3.22. The van der Waals surface area contributed by atoms with Gasteiger partial charge in [-0.15, -0.1) is 0 Å². The number of halogens is 2. The van der Waals surface area contributed by atoms with Crippen LogP contribution in [0.2, 0.25) is 5.02 Å². The van der Waals surface area contributed by atoms with Gasteiger partial charge in [0.25, 0.3) is 11.4 Å². The molecular weight excluding hydrogens is 423 g/mol. The van der Waals surface area contributed by atoms with Crippen LogP contribution < -0.4 is 10.9 Å². The highest BCUT2D eigenvalue weighted by molar-refractivity contribution is 6.33. The summed E-state index contributed by atoms with van der Waals surface area (Å²) in [5.41, 5.74) is 1.64. The van der Waals surface area contributed by atoms with Gasteiger partial charge in [-0.3, -0.25) is 9.59 Å². The van der Waals surface area contributed by atoms with Gasteiger partial charge in [-0.1, -0.05) is 22.8 Å². The van der Waals surface area contributed by atoms with Crippen molar-refractivity contribution in [2.45, 2.75) is 13.5 Å². The van der Waals surface area contributed by atoms with Crippen LogP contribution in [0.4, 0.5) is 10.1 Å². The minimum absolute atomic E-state index is 0.000613. The number of benzene rings is 2. The molecule has 9 heteroatoms. The van der Waals surface area contributed by atoms with Crippen molar-refractivity contribution in [1.82, 2.24) is 14.7 Å². The highest BCUT2D eigenvalue weighted by Gasteiger charge is 2.16. The molecule has 1 amide bonds. The zero-order valence-corrected chi connectivity index (χ0v) is 17.1. The van der Waals surface area contributed by atoms with E-state index in [0.29, 0.717) is 16.3 Å². The molecule has 0 bridgehead atoms. The van der Waals surface area contributed by atoms with Crippen molar-refractivity contribution in [1.29, 1.82) is 0 Å². The molecule has 0 aliphatic heterocycles. The number of anilines is 1. The maximum Gasteiger partial charge on any atom is 0.263 e. The summed E-state index contributed by atoms with van der Waals surface area (Å²) in [5.74, 6) is -0.580. The van der Waals surface area contributed by atoms with Crippen LogP contribution in [0.3, 0.4) is 0 Å². The van der Waals surface area contributed by atoms with Gasteiger partial charge in [0.1, 0.15) is 17.9 Å². The number of aromatic nitrogens is 3. The van der Waals surface area contributed by atoms with Gasteiger partial charge < -0.3 is 14.4 Å². The molecule has 31 heavy (non-hydrogen) atoms. The minimum atomic E-state index is -0.470. The summed E-state index contributed by atoms with van der Waals surface area (Å²) in [6, 6.07) is 14.0. The smallest absolute Gasteiger partial charge is 0.263 e. The Morgan fingerprint density at radius 1 is 1.19 bits per heavy atom. The molecule has 0 saturated heterocycles. The minimum Gasteiger partial charge on any atom is -0.333 e. The molecule has 0 atom stereocenters. The summed E-state index contributed by atoms with van der Waals surface area (Å²) in [7, 11) is 0. The van der Waals surface area contributed by atoms with Crippen LogP contribution in [0.5, 0.6) is 0 Å². The molecule has 0 saturated carbocycles. The largest absolute Gasteiger partial charge is 0.333 e. The van der Waals surface area contributed by atoms with Gasteiger partial charge in [-0.25, -0.2) is 4.39 Å². The van der Waals surface area contributed by atoms with E-state index in [0.717, 1.165) is 5.56 Å². The molecular formula is C22H16ClFN4O3. The maximum absolute atomic E-state index is 13.1. The summed E-state index contributed by atoms with van der Waals surface area (Å²) < 4.78 is 19.5. The van der Waals surface area contributed by atoms with Crippen molar-refractivity contribution in [3.63, 3.8) is 0 Å². The standard InChI is InChI=1S/C22H16ClFN4O3/c1-13-4-9-18(17(23)11-13)25-19(29)12-28-10-2-3-16(22(28)30)21-26-20(27-31-21)14-5-7-15(24)8-6-14/h2-11H,12H2,1H3,(H,25,29). The molecule has 0 aliphatic carbocycles. The number of carbonyl (C=O) groups excluding carboxylic acids is 1. The maximum atomic E-state index is 13.1. The van der Waals surface area contributed by atoms with Crippen LogP contribution in [-0.4, -0.2) is 20.6 Å². The number of hydrogen-bond acceptors (Lipinski definition) is 5. The Hall–Kier alpha value is -3.78. The first-order valence-electron chi connectivity index (χ1n) is 9.26. The van der Waals surface area contributed by atoms with Crippen molar-refractivity contribution in [3.8, 4) is 22.8 Å². The Morgan fingerprint density at radius 3 is 2.71 bits per heavy atom. The van der Waals surface area contributed by atoms with Gasteiger partial charge in [0, 0.05) is 11.8 Å². The Bertz CT molecular complexity index is 1320. The van der Waals surface area contributed by atoms with Crippen LogP contribution in [0.1, 0.15) is 5.56 Å². The first kappa shape index (κ1) is 20.5. The molecule has 0 aliphatic rings. The third-order valence-corrected chi connectivity index (χ3v) is 4.80. The number of pyridine rings is 1. The van der Waals surface area contributed by atoms with Crippen molar-refractivity contribution >= 4 is 23.2 Å². The van der Waals surface area contributed by atoms with Gasteiger partial charge in [-0.05, 0) is 61.0 Å².